The molecule has 1 saturated heterocycles. The highest BCUT2D eigenvalue weighted by Gasteiger charge is 2.29. The Morgan fingerprint density at radius 2 is 2.11 bits per heavy atom. The third-order valence-corrected chi connectivity index (χ3v) is 4.49. The number of halogens is 1. The number of nitrogens with one attached hydrogen (secondary N) is 1. The van der Waals surface area contributed by atoms with Gasteiger partial charge in [-0.15, -0.1) is 0 Å². The molecule has 1 aromatic rings. The van der Waals surface area contributed by atoms with Crippen molar-refractivity contribution in [1.82, 2.24) is 5.32 Å². The van der Waals surface area contributed by atoms with Gasteiger partial charge in [-0.05, 0) is 49.4 Å². The molecule has 2 aliphatic rings. The van der Waals surface area contributed by atoms with Gasteiger partial charge in [0.25, 0.3) is 0 Å². The lowest BCUT2D eigenvalue weighted by Crippen LogP contribution is -2.34. The van der Waals surface area contributed by atoms with Crippen molar-refractivity contribution in [2.75, 3.05) is 18.0 Å². The first-order valence-corrected chi connectivity index (χ1v) is 7.85. The summed E-state index contributed by atoms with van der Waals surface area (Å²) < 4.78 is 1.19. The van der Waals surface area contributed by atoms with E-state index in [0.717, 1.165) is 12.5 Å². The summed E-state index contributed by atoms with van der Waals surface area (Å²) in [5, 5.41) is 3.75. The van der Waals surface area contributed by atoms with Crippen molar-refractivity contribution in [2.45, 2.75) is 44.7 Å². The van der Waals surface area contributed by atoms with E-state index in [1.807, 2.05) is 0 Å². The van der Waals surface area contributed by atoms with Crippen LogP contribution in [0.15, 0.2) is 22.7 Å². The third kappa shape index (κ3) is 2.72. The smallest absolute Gasteiger partial charge is 0.0399 e. The van der Waals surface area contributed by atoms with Crippen molar-refractivity contribution in [3.63, 3.8) is 0 Å². The molecule has 1 atom stereocenters. The van der Waals surface area contributed by atoms with Crippen LogP contribution >= 0.6 is 15.9 Å². The van der Waals surface area contributed by atoms with Crippen molar-refractivity contribution < 1.29 is 0 Å². The summed E-state index contributed by atoms with van der Waals surface area (Å²) in [4.78, 5) is 2.55. The number of hydrogen-bond donors (Lipinski definition) is 1. The van der Waals surface area contributed by atoms with Crippen LogP contribution in [0.3, 0.4) is 0 Å². The maximum Gasteiger partial charge on any atom is 0.0399 e. The van der Waals surface area contributed by atoms with Gasteiger partial charge in [0.15, 0.2) is 0 Å². The highest BCUT2D eigenvalue weighted by Crippen LogP contribution is 2.29. The van der Waals surface area contributed by atoms with E-state index >= 15 is 0 Å². The van der Waals surface area contributed by atoms with Crippen LogP contribution in [0.1, 0.15) is 31.7 Å². The molecule has 0 radical (unpaired) electrons. The predicted octanol–water partition coefficient (Wildman–Crippen LogP) is 3.34. The molecule has 18 heavy (non-hydrogen) atoms. The number of aryl methyl sites for hydroxylation is 1. The second-order valence-corrected chi connectivity index (χ2v) is 6.41. The van der Waals surface area contributed by atoms with Crippen LogP contribution < -0.4 is 10.2 Å². The Hall–Kier alpha value is -0.540. The van der Waals surface area contributed by atoms with Gasteiger partial charge < -0.3 is 10.2 Å². The number of hydrogen-bond acceptors (Lipinski definition) is 2. The topological polar surface area (TPSA) is 15.3 Å². The molecule has 2 nitrogen and oxygen atoms in total. The molecular formula is C15H21BrN2. The largest absolute Gasteiger partial charge is 0.370 e. The van der Waals surface area contributed by atoms with Crippen molar-refractivity contribution in [3.05, 3.63) is 28.2 Å². The summed E-state index contributed by atoms with van der Waals surface area (Å²) in [5.74, 6) is 0. The number of nitrogens with zero attached hydrogens (tertiary/aromatic N) is 1. The summed E-state index contributed by atoms with van der Waals surface area (Å²) in [5.41, 5.74) is 2.89. The monoisotopic (exact) mass is 308 g/mol. The Morgan fingerprint density at radius 1 is 1.28 bits per heavy atom. The highest BCUT2D eigenvalue weighted by molar-refractivity contribution is 9.10. The second kappa shape index (κ2) is 5.22. The van der Waals surface area contributed by atoms with Crippen LogP contribution in [0.4, 0.5) is 5.69 Å². The van der Waals surface area contributed by atoms with Crippen molar-refractivity contribution >= 4 is 21.6 Å². The minimum absolute atomic E-state index is 0.700. The lowest BCUT2D eigenvalue weighted by molar-refractivity contribution is 0.548. The molecule has 0 bridgehead atoms. The van der Waals surface area contributed by atoms with Gasteiger partial charge >= 0.3 is 0 Å². The molecule has 1 aliphatic heterocycles. The summed E-state index contributed by atoms with van der Waals surface area (Å²) >= 11 is 3.57. The molecule has 1 aliphatic carbocycles. The van der Waals surface area contributed by atoms with Crippen LogP contribution in [0.5, 0.6) is 0 Å². The zero-order valence-electron chi connectivity index (χ0n) is 11.0. The van der Waals surface area contributed by atoms with E-state index in [9.17, 15) is 0 Å². The Bertz CT molecular complexity index is 429. The van der Waals surface area contributed by atoms with Gasteiger partial charge in [0.05, 0.1) is 0 Å². The van der Waals surface area contributed by atoms with E-state index in [1.165, 1.54) is 48.1 Å². The first kappa shape index (κ1) is 12.5. The molecule has 1 heterocycles. The third-order valence-electron chi connectivity index (χ3n) is 4.00. The number of rotatable bonds is 4. The molecule has 0 amide bonds. The fourth-order valence-corrected chi connectivity index (χ4v) is 3.25. The average Bonchev–Trinajstić information content (AvgIpc) is 3.06. The van der Waals surface area contributed by atoms with Crippen LogP contribution in [-0.4, -0.2) is 25.2 Å². The fraction of sp³-hybridized carbons (Fsp3) is 0.600. The van der Waals surface area contributed by atoms with Gasteiger partial charge in [-0.25, -0.2) is 0 Å². The minimum atomic E-state index is 0.700. The van der Waals surface area contributed by atoms with Crippen LogP contribution in [-0.2, 0) is 6.42 Å². The van der Waals surface area contributed by atoms with Crippen molar-refractivity contribution in [2.24, 2.45) is 0 Å². The normalized spacial score (nSPS) is 23.7. The maximum atomic E-state index is 3.75. The van der Waals surface area contributed by atoms with E-state index in [2.05, 4.69) is 51.3 Å². The van der Waals surface area contributed by atoms with E-state index in [0.29, 0.717) is 6.04 Å². The van der Waals surface area contributed by atoms with Gasteiger partial charge in [0.1, 0.15) is 0 Å². The molecule has 3 rings (SSSR count). The first-order valence-electron chi connectivity index (χ1n) is 7.05. The molecule has 1 saturated carbocycles. The molecular weight excluding hydrogens is 288 g/mol. The molecule has 1 N–H and O–H groups in total. The SMILES string of the molecule is CCc1cc(Br)ccc1N1CCC(NC2CC2)C1. The lowest BCUT2D eigenvalue weighted by atomic mass is 10.1. The average molecular weight is 309 g/mol. The Kier molecular flexibility index (Phi) is 3.62. The van der Waals surface area contributed by atoms with Crippen molar-refractivity contribution in [3.8, 4) is 0 Å². The Labute approximate surface area is 118 Å². The predicted molar refractivity (Wildman–Crippen MR) is 80.3 cm³/mol. The summed E-state index contributed by atoms with van der Waals surface area (Å²) in [6.07, 6.45) is 5.16. The van der Waals surface area contributed by atoms with E-state index in [1.54, 1.807) is 0 Å². The molecule has 1 aromatic carbocycles. The first-order chi connectivity index (χ1) is 8.76. The molecule has 1 unspecified atom stereocenters. The summed E-state index contributed by atoms with van der Waals surface area (Å²) in [6.45, 7) is 4.60. The minimum Gasteiger partial charge on any atom is -0.370 e. The Balaban J connectivity index is 1.70. The zero-order valence-corrected chi connectivity index (χ0v) is 12.5. The van der Waals surface area contributed by atoms with Crippen LogP contribution in [0.25, 0.3) is 0 Å². The molecule has 0 aromatic heterocycles. The fourth-order valence-electron chi connectivity index (χ4n) is 2.84. The van der Waals surface area contributed by atoms with E-state index in [-0.39, 0.29) is 0 Å². The van der Waals surface area contributed by atoms with Crippen LogP contribution in [0, 0.1) is 0 Å². The second-order valence-electron chi connectivity index (χ2n) is 5.50. The molecule has 98 valence electrons. The number of anilines is 1. The highest BCUT2D eigenvalue weighted by atomic mass is 79.9. The number of benzene rings is 1. The van der Waals surface area contributed by atoms with Crippen molar-refractivity contribution in [1.29, 1.82) is 0 Å². The van der Waals surface area contributed by atoms with Gasteiger partial charge in [0, 0.05) is 35.3 Å². The van der Waals surface area contributed by atoms with Gasteiger partial charge in [-0.2, -0.15) is 0 Å². The standard InChI is InChI=1S/C15H21BrN2/c1-2-11-9-12(16)3-6-15(11)18-8-7-14(10-18)17-13-4-5-13/h3,6,9,13-14,17H,2,4-5,7-8,10H2,1H3. The lowest BCUT2D eigenvalue weighted by Gasteiger charge is -2.22. The maximum absolute atomic E-state index is 3.75. The summed E-state index contributed by atoms with van der Waals surface area (Å²) in [7, 11) is 0. The van der Waals surface area contributed by atoms with E-state index < -0.39 is 0 Å². The molecule has 3 heteroatoms. The zero-order chi connectivity index (χ0) is 12.5. The molecule has 2 fully saturated rings. The summed E-state index contributed by atoms with van der Waals surface area (Å²) in [6, 6.07) is 8.21. The van der Waals surface area contributed by atoms with E-state index in [4.69, 9.17) is 0 Å². The molecule has 0 spiro atoms. The van der Waals surface area contributed by atoms with Gasteiger partial charge in [-0.1, -0.05) is 22.9 Å². The van der Waals surface area contributed by atoms with Crippen LogP contribution in [0.2, 0.25) is 0 Å². The quantitative estimate of drug-likeness (QED) is 0.917. The Morgan fingerprint density at radius 3 is 2.83 bits per heavy atom. The van der Waals surface area contributed by atoms with Gasteiger partial charge in [0.2, 0.25) is 0 Å². The van der Waals surface area contributed by atoms with Gasteiger partial charge in [-0.3, -0.25) is 0 Å².